The first-order valence-electron chi connectivity index (χ1n) is 4.53. The molecular weight excluding hydrogens is 308 g/mol. The minimum absolute atomic E-state index is 0.262. The molecule has 0 N–H and O–H groups in total. The van der Waals surface area contributed by atoms with Gasteiger partial charge in [0.05, 0.1) is 10.6 Å². The Balaban J connectivity index is 2.51. The maximum atomic E-state index is 7.29. The first-order valence-corrected chi connectivity index (χ1v) is 5.98. The molecule has 72 valence electrons. The van der Waals surface area contributed by atoms with Crippen molar-refractivity contribution in [2.75, 3.05) is 0 Å². The lowest BCUT2D eigenvalue weighted by atomic mass is 9.72. The van der Waals surface area contributed by atoms with Crippen LogP contribution in [0.3, 0.4) is 0 Å². The fraction of sp³-hybridized carbons (Fsp3) is 0.364. The zero-order valence-electron chi connectivity index (χ0n) is 7.56. The summed E-state index contributed by atoms with van der Waals surface area (Å²) in [5.41, 5.74) is 0.855. The van der Waals surface area contributed by atoms with Crippen LogP contribution in [0.4, 0.5) is 0 Å². The van der Waals surface area contributed by atoms with Crippen LogP contribution in [0.2, 0.25) is 5.02 Å². The number of rotatable bonds is 1. The zero-order valence-corrected chi connectivity index (χ0v) is 10.5. The summed E-state index contributed by atoms with van der Waals surface area (Å²) in [7, 11) is 0. The van der Waals surface area contributed by atoms with E-state index in [0.717, 1.165) is 33.4 Å². The summed E-state index contributed by atoms with van der Waals surface area (Å²) in [6.07, 6.45) is 3.12. The van der Waals surface area contributed by atoms with Crippen molar-refractivity contribution in [1.82, 2.24) is 0 Å². The third-order valence-corrected chi connectivity index (χ3v) is 4.64. The summed E-state index contributed by atoms with van der Waals surface area (Å²) in [6, 6.07) is 5.85. The Kier molecular flexibility index (Phi) is 2.72. The highest BCUT2D eigenvalue weighted by Gasteiger charge is 2.47. The van der Waals surface area contributed by atoms with E-state index in [1.54, 1.807) is 0 Å². The Hall–Kier alpha value is -0.270. The highest BCUT2D eigenvalue weighted by atomic mass is 127. The molecule has 1 fully saturated rings. The highest BCUT2D eigenvalue weighted by Crippen LogP contribution is 2.47. The second-order valence-corrected chi connectivity index (χ2v) is 5.08. The van der Waals surface area contributed by atoms with Crippen molar-refractivity contribution in [3.63, 3.8) is 0 Å². The van der Waals surface area contributed by atoms with Gasteiger partial charge >= 0.3 is 0 Å². The molecule has 0 atom stereocenters. The fourth-order valence-electron chi connectivity index (χ4n) is 1.82. The molecule has 0 aromatic heterocycles. The zero-order chi connectivity index (χ0) is 10.2. The van der Waals surface area contributed by atoms with Gasteiger partial charge in [-0.15, -0.1) is 0 Å². The van der Waals surface area contributed by atoms with E-state index in [2.05, 4.69) is 27.4 Å². The van der Waals surface area contributed by atoms with Crippen molar-refractivity contribution >= 4 is 34.2 Å². The number of nitrogens with zero attached hydrogens (tertiary/aromatic N) is 1. The van der Waals surface area contributed by atoms with Crippen LogP contribution in [0, 0.1) is 10.1 Å². The van der Waals surface area contributed by atoms with Crippen LogP contribution in [0.1, 0.15) is 24.8 Å². The molecule has 1 aromatic rings. The van der Waals surface area contributed by atoms with Crippen LogP contribution in [0.25, 0.3) is 4.85 Å². The summed E-state index contributed by atoms with van der Waals surface area (Å²) in [6.45, 7) is 7.29. The lowest BCUT2D eigenvalue weighted by Crippen LogP contribution is -2.31. The summed E-state index contributed by atoms with van der Waals surface area (Å²) in [4.78, 5) is 3.78. The molecule has 1 aliphatic rings. The lowest BCUT2D eigenvalue weighted by molar-refractivity contribution is 0.309. The van der Waals surface area contributed by atoms with Gasteiger partial charge in [-0.05, 0) is 41.1 Å². The van der Waals surface area contributed by atoms with E-state index in [4.69, 9.17) is 18.2 Å². The Labute approximate surface area is 102 Å². The Bertz CT molecular complexity index is 404. The van der Waals surface area contributed by atoms with Gasteiger partial charge in [-0.1, -0.05) is 17.7 Å². The van der Waals surface area contributed by atoms with Crippen molar-refractivity contribution in [1.29, 1.82) is 0 Å². The van der Waals surface area contributed by atoms with Gasteiger partial charge in [0, 0.05) is 16.4 Å². The molecule has 0 bridgehead atoms. The third kappa shape index (κ3) is 1.43. The van der Waals surface area contributed by atoms with Crippen molar-refractivity contribution in [2.45, 2.75) is 24.8 Å². The summed E-state index contributed by atoms with van der Waals surface area (Å²) < 4.78 is 1.04. The number of hydrogen-bond acceptors (Lipinski definition) is 0. The largest absolute Gasteiger partial charge is 0.305 e. The monoisotopic (exact) mass is 317 g/mol. The molecule has 2 rings (SSSR count). The number of hydrogen-bond donors (Lipinski definition) is 0. The minimum Gasteiger partial charge on any atom is -0.305 e. The Morgan fingerprint density at radius 2 is 2.14 bits per heavy atom. The normalized spacial score (nSPS) is 18.4. The molecule has 1 aliphatic carbocycles. The SMILES string of the molecule is [C-]#[N+]C1(c2cccc(Cl)c2I)CCC1. The average Bonchev–Trinajstić information content (AvgIpc) is 2.11. The maximum absolute atomic E-state index is 7.29. The summed E-state index contributed by atoms with van der Waals surface area (Å²) in [5.74, 6) is 0. The minimum atomic E-state index is -0.262. The summed E-state index contributed by atoms with van der Waals surface area (Å²) in [5, 5.41) is 0.762. The molecule has 0 radical (unpaired) electrons. The second kappa shape index (κ2) is 3.71. The fourth-order valence-corrected chi connectivity index (χ4v) is 2.85. The highest BCUT2D eigenvalue weighted by molar-refractivity contribution is 14.1. The van der Waals surface area contributed by atoms with E-state index in [-0.39, 0.29) is 5.54 Å². The molecule has 0 spiro atoms. The van der Waals surface area contributed by atoms with Crippen molar-refractivity contribution in [2.24, 2.45) is 0 Å². The van der Waals surface area contributed by atoms with Gasteiger partial charge in [-0.3, -0.25) is 0 Å². The van der Waals surface area contributed by atoms with Gasteiger partial charge in [-0.2, -0.15) is 0 Å². The Morgan fingerprint density at radius 3 is 2.64 bits per heavy atom. The quantitative estimate of drug-likeness (QED) is 0.539. The third-order valence-electron chi connectivity index (χ3n) is 2.85. The standard InChI is InChI=1S/C11H9ClIN/c1-14-11(6-3-7-11)8-4-2-5-9(12)10(8)13/h2,4-5H,3,6-7H2. The lowest BCUT2D eigenvalue weighted by Gasteiger charge is -2.31. The van der Waals surface area contributed by atoms with Crippen LogP contribution in [0.5, 0.6) is 0 Å². The van der Waals surface area contributed by atoms with Crippen molar-refractivity contribution in [3.8, 4) is 0 Å². The van der Waals surface area contributed by atoms with Crippen molar-refractivity contribution < 1.29 is 0 Å². The van der Waals surface area contributed by atoms with Crippen LogP contribution in [0.15, 0.2) is 18.2 Å². The molecule has 14 heavy (non-hydrogen) atoms. The predicted molar refractivity (Wildman–Crippen MR) is 66.3 cm³/mol. The van der Waals surface area contributed by atoms with Gasteiger partial charge in [-0.25, -0.2) is 6.57 Å². The molecular formula is C11H9ClIN. The maximum Gasteiger partial charge on any atom is 0.258 e. The summed E-state index contributed by atoms with van der Waals surface area (Å²) >= 11 is 8.28. The molecule has 0 unspecified atom stereocenters. The number of halogens is 2. The average molecular weight is 318 g/mol. The first-order chi connectivity index (χ1) is 6.69. The van der Waals surface area contributed by atoms with E-state index in [1.165, 1.54) is 0 Å². The van der Waals surface area contributed by atoms with Crippen LogP contribution < -0.4 is 0 Å². The van der Waals surface area contributed by atoms with Gasteiger partial charge in [0.25, 0.3) is 5.54 Å². The number of benzene rings is 1. The first kappa shape index (κ1) is 10.3. The van der Waals surface area contributed by atoms with E-state index in [1.807, 2.05) is 18.2 Å². The van der Waals surface area contributed by atoms with E-state index in [9.17, 15) is 0 Å². The molecule has 0 aliphatic heterocycles. The van der Waals surface area contributed by atoms with Gasteiger partial charge < -0.3 is 4.85 Å². The van der Waals surface area contributed by atoms with Crippen LogP contribution in [-0.4, -0.2) is 0 Å². The molecule has 3 heteroatoms. The molecule has 1 nitrogen and oxygen atoms in total. The van der Waals surface area contributed by atoms with E-state index < -0.39 is 0 Å². The van der Waals surface area contributed by atoms with Crippen LogP contribution >= 0.6 is 34.2 Å². The molecule has 0 amide bonds. The second-order valence-electron chi connectivity index (χ2n) is 3.60. The predicted octanol–water partition coefficient (Wildman–Crippen LogP) is 4.24. The molecule has 0 saturated heterocycles. The van der Waals surface area contributed by atoms with Gasteiger partial charge in [0.1, 0.15) is 0 Å². The van der Waals surface area contributed by atoms with Gasteiger partial charge in [0.2, 0.25) is 0 Å². The van der Waals surface area contributed by atoms with E-state index >= 15 is 0 Å². The smallest absolute Gasteiger partial charge is 0.258 e. The van der Waals surface area contributed by atoms with Crippen molar-refractivity contribution in [3.05, 3.63) is 43.8 Å². The Morgan fingerprint density at radius 1 is 1.43 bits per heavy atom. The molecule has 1 aromatic carbocycles. The molecule has 0 heterocycles. The van der Waals surface area contributed by atoms with E-state index in [0.29, 0.717) is 0 Å². The van der Waals surface area contributed by atoms with Crippen LogP contribution in [-0.2, 0) is 5.54 Å². The topological polar surface area (TPSA) is 4.36 Å². The van der Waals surface area contributed by atoms with Gasteiger partial charge in [0.15, 0.2) is 0 Å². The molecule has 1 saturated carbocycles.